The normalized spacial score (nSPS) is 14.0. The Hall–Kier alpha value is -3.21. The summed E-state index contributed by atoms with van der Waals surface area (Å²) in [7, 11) is -0.236. The van der Waals surface area contributed by atoms with E-state index in [1.807, 2.05) is 24.3 Å². The van der Waals surface area contributed by atoms with E-state index in [9.17, 15) is 0 Å². The molecule has 0 fully saturated rings. The lowest BCUT2D eigenvalue weighted by Gasteiger charge is -2.30. The molecule has 24 heavy (non-hydrogen) atoms. The number of benzene rings is 3. The molecule has 0 N–H and O–H groups in total. The molecule has 0 aliphatic carbocycles. The molecule has 4 nitrogen and oxygen atoms in total. The first-order chi connectivity index (χ1) is 11.9. The molecule has 2 aliphatic heterocycles. The highest BCUT2D eigenvalue weighted by atomic mass is 16.5. The quantitative estimate of drug-likeness (QED) is 0.459. The highest BCUT2D eigenvalue weighted by molar-refractivity contribution is 6.62. The summed E-state index contributed by atoms with van der Waals surface area (Å²) in [6, 6.07) is 24.8. The van der Waals surface area contributed by atoms with Gasteiger partial charge in [-0.2, -0.15) is 0 Å². The zero-order valence-electron chi connectivity index (χ0n) is 12.8. The van der Waals surface area contributed by atoms with E-state index in [0.717, 1.165) is 39.5 Å². The van der Waals surface area contributed by atoms with Crippen molar-refractivity contribution in [3.8, 4) is 17.1 Å². The Morgan fingerprint density at radius 3 is 2.50 bits per heavy atom. The van der Waals surface area contributed by atoms with Gasteiger partial charge in [0.25, 0.3) is 0 Å². The lowest BCUT2D eigenvalue weighted by molar-refractivity contribution is 0.578. The number of rotatable bonds is 0. The minimum Gasteiger partial charge on any atom is -0.521 e. The Morgan fingerprint density at radius 2 is 1.54 bits per heavy atom. The largest absolute Gasteiger partial charge is 0.629 e. The van der Waals surface area contributed by atoms with Crippen LogP contribution in [-0.4, -0.2) is 16.6 Å². The third-order valence-electron chi connectivity index (χ3n) is 4.80. The van der Waals surface area contributed by atoms with Crippen LogP contribution in [0.2, 0.25) is 0 Å². The van der Waals surface area contributed by atoms with E-state index in [2.05, 4.69) is 57.8 Å². The number of anilines is 2. The van der Waals surface area contributed by atoms with Crippen LogP contribution in [0.4, 0.5) is 11.4 Å². The average Bonchev–Trinajstić information content (AvgIpc) is 3.20. The summed E-state index contributed by atoms with van der Waals surface area (Å²) in [5, 5.41) is 0. The first-order valence-electron chi connectivity index (χ1n) is 8.03. The van der Waals surface area contributed by atoms with Crippen molar-refractivity contribution in [2.24, 2.45) is 0 Å². The zero-order valence-corrected chi connectivity index (χ0v) is 12.8. The lowest BCUT2D eigenvalue weighted by atomic mass is 9.89. The molecule has 0 spiro atoms. The van der Waals surface area contributed by atoms with E-state index < -0.39 is 0 Å². The van der Waals surface area contributed by atoms with Crippen LogP contribution in [0.3, 0.4) is 0 Å². The van der Waals surface area contributed by atoms with Crippen molar-refractivity contribution >= 4 is 29.6 Å². The fraction of sp³-hybridized carbons (Fsp3) is 0. The maximum atomic E-state index is 6.31. The topological polar surface area (TPSA) is 30.3 Å². The van der Waals surface area contributed by atoms with Gasteiger partial charge in [-0.1, -0.05) is 36.4 Å². The summed E-state index contributed by atoms with van der Waals surface area (Å²) < 4.78 is 8.50. The van der Waals surface area contributed by atoms with Crippen LogP contribution >= 0.6 is 0 Å². The monoisotopic (exact) mass is 309 g/mol. The predicted octanol–water partition coefficient (Wildman–Crippen LogP) is 4.08. The molecule has 0 atom stereocenters. The van der Waals surface area contributed by atoms with Crippen LogP contribution in [0.5, 0.6) is 5.75 Å². The first kappa shape index (κ1) is 12.2. The van der Waals surface area contributed by atoms with Gasteiger partial charge in [0.1, 0.15) is 11.6 Å². The van der Waals surface area contributed by atoms with Gasteiger partial charge in [-0.3, -0.25) is 0 Å². The maximum Gasteiger partial charge on any atom is 0.629 e. The predicted molar refractivity (Wildman–Crippen MR) is 95.5 cm³/mol. The van der Waals surface area contributed by atoms with Crippen molar-refractivity contribution in [2.75, 3.05) is 4.81 Å². The third kappa shape index (κ3) is 1.37. The van der Waals surface area contributed by atoms with E-state index in [1.54, 1.807) is 0 Å². The molecule has 1 aromatic heterocycles. The standard InChI is InChI=1S/C19H12BN3O/c1-3-9-15-13(7-1)19-21-14-8-2-4-10-16(14)23(19)20-22(15)17-11-5-6-12-18(17)24-20/h1-12H. The number of hydrogen-bond acceptors (Lipinski definition) is 3. The number of imidazole rings is 1. The van der Waals surface area contributed by atoms with E-state index in [0.29, 0.717) is 0 Å². The highest BCUT2D eigenvalue weighted by Crippen LogP contribution is 2.48. The van der Waals surface area contributed by atoms with Crippen molar-refractivity contribution in [1.29, 1.82) is 0 Å². The number of para-hydroxylation sites is 5. The molecule has 5 heteroatoms. The van der Waals surface area contributed by atoms with E-state index in [-0.39, 0.29) is 7.19 Å². The van der Waals surface area contributed by atoms with Crippen molar-refractivity contribution in [2.45, 2.75) is 0 Å². The molecule has 0 amide bonds. The van der Waals surface area contributed by atoms with Gasteiger partial charge in [0.05, 0.1) is 16.7 Å². The maximum absolute atomic E-state index is 6.31. The SMILES string of the molecule is c1ccc2c(c1)OB1N2c2ccccc2-c2nc3ccccc3n21. The van der Waals surface area contributed by atoms with E-state index >= 15 is 0 Å². The number of fused-ring (bicyclic) bond motifs is 10. The molecule has 0 saturated carbocycles. The smallest absolute Gasteiger partial charge is 0.521 e. The van der Waals surface area contributed by atoms with Gasteiger partial charge < -0.3 is 13.9 Å². The van der Waals surface area contributed by atoms with Gasteiger partial charge in [0, 0.05) is 11.3 Å². The number of hydrogen-bond donors (Lipinski definition) is 0. The molecule has 0 radical (unpaired) electrons. The van der Waals surface area contributed by atoms with Crippen molar-refractivity contribution in [1.82, 2.24) is 9.46 Å². The summed E-state index contributed by atoms with van der Waals surface area (Å²) >= 11 is 0. The molecule has 2 aliphatic rings. The number of aromatic nitrogens is 2. The second-order valence-electron chi connectivity index (χ2n) is 6.09. The Kier molecular flexibility index (Phi) is 2.14. The van der Waals surface area contributed by atoms with Crippen LogP contribution in [0.25, 0.3) is 22.4 Å². The minimum absolute atomic E-state index is 0.236. The fourth-order valence-corrected chi connectivity index (χ4v) is 3.79. The van der Waals surface area contributed by atoms with Crippen LogP contribution < -0.4 is 9.47 Å². The second-order valence-corrected chi connectivity index (χ2v) is 6.09. The van der Waals surface area contributed by atoms with Crippen LogP contribution in [-0.2, 0) is 0 Å². The molecule has 0 unspecified atom stereocenters. The molecule has 3 heterocycles. The van der Waals surface area contributed by atoms with Gasteiger partial charge in [-0.15, -0.1) is 0 Å². The van der Waals surface area contributed by atoms with Crippen LogP contribution in [0.1, 0.15) is 0 Å². The molecule has 112 valence electrons. The first-order valence-corrected chi connectivity index (χ1v) is 8.03. The van der Waals surface area contributed by atoms with Crippen molar-refractivity contribution < 1.29 is 4.65 Å². The highest BCUT2D eigenvalue weighted by Gasteiger charge is 2.47. The summed E-state index contributed by atoms with van der Waals surface area (Å²) in [6.45, 7) is 0. The Morgan fingerprint density at radius 1 is 0.792 bits per heavy atom. The summed E-state index contributed by atoms with van der Waals surface area (Å²) in [6.07, 6.45) is 0. The van der Waals surface area contributed by atoms with Crippen LogP contribution in [0, 0.1) is 0 Å². The van der Waals surface area contributed by atoms with Crippen molar-refractivity contribution in [3.63, 3.8) is 0 Å². The molecule has 0 saturated heterocycles. The Bertz CT molecular complexity index is 1120. The number of nitrogens with zero attached hydrogens (tertiary/aromatic N) is 3. The average molecular weight is 309 g/mol. The minimum atomic E-state index is -0.236. The van der Waals surface area contributed by atoms with Gasteiger partial charge >= 0.3 is 7.19 Å². The van der Waals surface area contributed by atoms with Crippen molar-refractivity contribution in [3.05, 3.63) is 72.8 Å². The summed E-state index contributed by atoms with van der Waals surface area (Å²) in [4.78, 5) is 7.13. The molecule has 6 rings (SSSR count). The molecule has 3 aromatic carbocycles. The fourth-order valence-electron chi connectivity index (χ4n) is 3.79. The molecule has 0 bridgehead atoms. The molecular formula is C19H12BN3O. The summed E-state index contributed by atoms with van der Waals surface area (Å²) in [5.74, 6) is 1.86. The second kappa shape index (κ2) is 4.20. The molecule has 4 aromatic rings. The lowest BCUT2D eigenvalue weighted by Crippen LogP contribution is -2.46. The van der Waals surface area contributed by atoms with Gasteiger partial charge in [-0.25, -0.2) is 4.98 Å². The summed E-state index contributed by atoms with van der Waals surface area (Å²) in [5.41, 5.74) is 5.44. The third-order valence-corrected chi connectivity index (χ3v) is 4.80. The Labute approximate surface area is 139 Å². The molecular weight excluding hydrogens is 297 g/mol. The van der Waals surface area contributed by atoms with Gasteiger partial charge in [0.2, 0.25) is 0 Å². The van der Waals surface area contributed by atoms with Crippen LogP contribution in [0.15, 0.2) is 72.8 Å². The Balaban J connectivity index is 1.75. The van der Waals surface area contributed by atoms with E-state index in [1.165, 1.54) is 0 Å². The van der Waals surface area contributed by atoms with Gasteiger partial charge in [-0.05, 0) is 36.4 Å². The van der Waals surface area contributed by atoms with Gasteiger partial charge in [0.15, 0.2) is 0 Å². The van der Waals surface area contributed by atoms with E-state index in [4.69, 9.17) is 9.64 Å². The zero-order chi connectivity index (χ0) is 15.7.